The van der Waals surface area contributed by atoms with E-state index < -0.39 is 0 Å². The third-order valence-electron chi connectivity index (χ3n) is 4.76. The molecule has 0 spiro atoms. The van der Waals surface area contributed by atoms with Crippen LogP contribution in [0.5, 0.6) is 5.75 Å². The van der Waals surface area contributed by atoms with E-state index in [-0.39, 0.29) is 37.4 Å². The second-order valence-corrected chi connectivity index (χ2v) is 8.67. The van der Waals surface area contributed by atoms with Crippen LogP contribution in [0.3, 0.4) is 0 Å². The first-order valence-corrected chi connectivity index (χ1v) is 11.1. The second-order valence-electron chi connectivity index (χ2n) is 6.99. The van der Waals surface area contributed by atoms with Gasteiger partial charge in [0.05, 0.1) is 24.7 Å². The average molecular weight is 457 g/mol. The monoisotopic (exact) mass is 456 g/mol. The van der Waals surface area contributed by atoms with Crippen LogP contribution in [-0.2, 0) is 16.0 Å². The molecular weight excluding hydrogens is 432 g/mol. The van der Waals surface area contributed by atoms with Crippen LogP contribution in [0.4, 0.5) is 0 Å². The van der Waals surface area contributed by atoms with Gasteiger partial charge in [-0.05, 0) is 35.8 Å². The number of carbonyl (C=O) groups excluding carboxylic acids is 2. The van der Waals surface area contributed by atoms with Crippen LogP contribution in [0.1, 0.15) is 17.5 Å². The predicted octanol–water partition coefficient (Wildman–Crippen LogP) is 3.01. The Morgan fingerprint density at radius 3 is 2.58 bits per heavy atom. The molecule has 1 atom stereocenters. The highest BCUT2D eigenvalue weighted by molar-refractivity contribution is 8.26. The quantitative estimate of drug-likeness (QED) is 0.446. The van der Waals surface area contributed by atoms with Crippen LogP contribution in [0.2, 0.25) is 0 Å². The van der Waals surface area contributed by atoms with E-state index in [0.717, 1.165) is 16.9 Å². The van der Waals surface area contributed by atoms with Crippen molar-refractivity contribution in [3.63, 3.8) is 0 Å². The van der Waals surface area contributed by atoms with Gasteiger partial charge < -0.3 is 15.2 Å². The Bertz CT molecular complexity index is 961. The summed E-state index contributed by atoms with van der Waals surface area (Å²) in [7, 11) is 1.60. The van der Waals surface area contributed by atoms with Crippen molar-refractivity contribution in [3.8, 4) is 5.75 Å². The maximum Gasteiger partial charge on any atom is 0.266 e. The normalized spacial score (nSPS) is 15.9. The molecule has 0 radical (unpaired) electrons. The van der Waals surface area contributed by atoms with Gasteiger partial charge >= 0.3 is 0 Å². The molecular formula is C23H24N2O4S2. The molecule has 1 heterocycles. The Hall–Kier alpha value is -2.68. The first-order chi connectivity index (χ1) is 15.0. The van der Waals surface area contributed by atoms with Gasteiger partial charge in [0.1, 0.15) is 10.1 Å². The van der Waals surface area contributed by atoms with Crippen LogP contribution in [-0.4, -0.2) is 52.4 Å². The lowest BCUT2D eigenvalue weighted by molar-refractivity contribution is -0.124. The Labute approximate surface area is 191 Å². The smallest absolute Gasteiger partial charge is 0.266 e. The highest BCUT2D eigenvalue weighted by Crippen LogP contribution is 2.32. The third-order valence-corrected chi connectivity index (χ3v) is 6.14. The molecule has 2 N–H and O–H groups in total. The molecule has 1 fully saturated rings. The third kappa shape index (κ3) is 6.40. The molecule has 0 aromatic heterocycles. The maximum absolute atomic E-state index is 12.7. The summed E-state index contributed by atoms with van der Waals surface area (Å²) in [4.78, 5) is 27.1. The summed E-state index contributed by atoms with van der Waals surface area (Å²) < 4.78 is 5.57. The van der Waals surface area contributed by atoms with Crippen LogP contribution >= 0.6 is 24.0 Å². The Balaban J connectivity index is 1.54. The van der Waals surface area contributed by atoms with Crippen molar-refractivity contribution < 1.29 is 19.4 Å². The fourth-order valence-corrected chi connectivity index (χ4v) is 4.43. The number of hydrogen-bond acceptors (Lipinski definition) is 6. The number of rotatable bonds is 9. The van der Waals surface area contributed by atoms with Crippen molar-refractivity contribution in [3.05, 3.63) is 70.6 Å². The Morgan fingerprint density at radius 1 is 1.23 bits per heavy atom. The molecule has 6 nitrogen and oxygen atoms in total. The minimum atomic E-state index is -0.379. The van der Waals surface area contributed by atoms with Gasteiger partial charge in [-0.15, -0.1) is 0 Å². The highest BCUT2D eigenvalue weighted by atomic mass is 32.2. The van der Waals surface area contributed by atoms with Crippen LogP contribution in [0.25, 0.3) is 6.08 Å². The van der Waals surface area contributed by atoms with E-state index in [1.807, 2.05) is 54.6 Å². The van der Waals surface area contributed by atoms with Crippen molar-refractivity contribution >= 4 is 46.2 Å². The molecule has 162 valence electrons. The molecule has 1 aliphatic rings. The molecule has 0 bridgehead atoms. The predicted molar refractivity (Wildman–Crippen MR) is 127 cm³/mol. The lowest BCUT2D eigenvalue weighted by Crippen LogP contribution is -2.41. The number of methoxy groups -OCH3 is 1. The van der Waals surface area contributed by atoms with Gasteiger partial charge in [-0.3, -0.25) is 14.5 Å². The fourth-order valence-electron chi connectivity index (χ4n) is 3.12. The molecule has 1 saturated heterocycles. The van der Waals surface area contributed by atoms with E-state index in [4.69, 9.17) is 17.0 Å². The van der Waals surface area contributed by atoms with Crippen molar-refractivity contribution in [2.75, 3.05) is 20.3 Å². The molecule has 2 amide bonds. The van der Waals surface area contributed by atoms with Crippen molar-refractivity contribution in [2.24, 2.45) is 0 Å². The van der Waals surface area contributed by atoms with E-state index in [1.165, 1.54) is 16.7 Å². The summed E-state index contributed by atoms with van der Waals surface area (Å²) in [5, 5.41) is 12.4. The van der Waals surface area contributed by atoms with Crippen LogP contribution < -0.4 is 10.1 Å². The number of nitrogens with zero attached hydrogens (tertiary/aromatic N) is 1. The van der Waals surface area contributed by atoms with Crippen molar-refractivity contribution in [1.29, 1.82) is 0 Å². The SMILES string of the molecule is COc1ccc(C=C2SC(=S)N(CCC(=O)NC(CO)Cc3ccccc3)C2=O)cc1. The number of aliphatic hydroxyl groups is 1. The van der Waals surface area contributed by atoms with Gasteiger partial charge in [0, 0.05) is 13.0 Å². The molecule has 0 saturated carbocycles. The van der Waals surface area contributed by atoms with E-state index in [1.54, 1.807) is 13.2 Å². The summed E-state index contributed by atoms with van der Waals surface area (Å²) in [6.45, 7) is 0.0340. The average Bonchev–Trinajstić information content (AvgIpc) is 3.05. The van der Waals surface area contributed by atoms with Gasteiger partial charge in [0.2, 0.25) is 5.91 Å². The first-order valence-electron chi connectivity index (χ1n) is 9.83. The summed E-state index contributed by atoms with van der Waals surface area (Å²) in [6.07, 6.45) is 2.42. The fraction of sp³-hybridized carbons (Fsp3) is 0.261. The van der Waals surface area contributed by atoms with E-state index in [2.05, 4.69) is 5.32 Å². The van der Waals surface area contributed by atoms with Crippen LogP contribution in [0, 0.1) is 0 Å². The van der Waals surface area contributed by atoms with E-state index in [0.29, 0.717) is 15.6 Å². The maximum atomic E-state index is 12.7. The number of aliphatic hydroxyl groups excluding tert-OH is 1. The van der Waals surface area contributed by atoms with Gasteiger partial charge in [-0.1, -0.05) is 66.4 Å². The number of thioether (sulfide) groups is 1. The summed E-state index contributed by atoms with van der Waals surface area (Å²) in [6, 6.07) is 16.6. The standard InChI is InChI=1S/C23H24N2O4S2/c1-29-19-9-7-17(8-10-19)14-20-22(28)25(23(30)31-20)12-11-21(27)24-18(15-26)13-16-5-3-2-4-6-16/h2-10,14,18,26H,11-13,15H2,1H3,(H,24,27). The second kappa shape index (κ2) is 11.1. The van der Waals surface area contributed by atoms with Crippen molar-refractivity contribution in [2.45, 2.75) is 18.9 Å². The highest BCUT2D eigenvalue weighted by Gasteiger charge is 2.32. The molecule has 8 heteroatoms. The summed E-state index contributed by atoms with van der Waals surface area (Å²) in [5.41, 5.74) is 1.90. The molecule has 1 aliphatic heterocycles. The number of ether oxygens (including phenoxy) is 1. The number of nitrogens with one attached hydrogen (secondary N) is 1. The molecule has 2 aromatic carbocycles. The van der Waals surface area contributed by atoms with E-state index in [9.17, 15) is 14.7 Å². The lowest BCUT2D eigenvalue weighted by Gasteiger charge is -2.18. The molecule has 31 heavy (non-hydrogen) atoms. The lowest BCUT2D eigenvalue weighted by atomic mass is 10.1. The minimum absolute atomic E-state index is 0.105. The van der Waals surface area contributed by atoms with Gasteiger partial charge in [0.25, 0.3) is 5.91 Å². The number of hydrogen-bond donors (Lipinski definition) is 2. The molecule has 2 aromatic rings. The van der Waals surface area contributed by atoms with E-state index >= 15 is 0 Å². The number of thiocarbonyl (C=S) groups is 1. The minimum Gasteiger partial charge on any atom is -0.497 e. The first kappa shape index (κ1) is 23.0. The van der Waals surface area contributed by atoms with Gasteiger partial charge in [-0.25, -0.2) is 0 Å². The molecule has 0 aliphatic carbocycles. The van der Waals surface area contributed by atoms with Gasteiger partial charge in [-0.2, -0.15) is 0 Å². The zero-order valence-corrected chi connectivity index (χ0v) is 18.7. The molecule has 3 rings (SSSR count). The Morgan fingerprint density at radius 2 is 1.94 bits per heavy atom. The number of carbonyl (C=O) groups is 2. The topological polar surface area (TPSA) is 78.9 Å². The summed E-state index contributed by atoms with van der Waals surface area (Å²) >= 11 is 6.56. The Kier molecular flexibility index (Phi) is 8.22. The summed E-state index contributed by atoms with van der Waals surface area (Å²) in [5.74, 6) is 0.300. The largest absolute Gasteiger partial charge is 0.497 e. The zero-order valence-electron chi connectivity index (χ0n) is 17.1. The van der Waals surface area contributed by atoms with Gasteiger partial charge in [0.15, 0.2) is 0 Å². The van der Waals surface area contributed by atoms with Crippen LogP contribution in [0.15, 0.2) is 59.5 Å². The van der Waals surface area contributed by atoms with Crippen molar-refractivity contribution in [1.82, 2.24) is 10.2 Å². The molecule has 1 unspecified atom stereocenters. The number of benzene rings is 2. The zero-order chi connectivity index (χ0) is 22.2. The number of amides is 2.